The number of thiophene rings is 1. The van der Waals surface area contributed by atoms with Gasteiger partial charge < -0.3 is 19.9 Å². The van der Waals surface area contributed by atoms with E-state index in [4.69, 9.17) is 4.74 Å². The first-order valence-corrected chi connectivity index (χ1v) is 9.28. The Morgan fingerprint density at radius 2 is 2.26 bits per heavy atom. The van der Waals surface area contributed by atoms with E-state index in [9.17, 15) is 4.79 Å². The molecule has 130 valence electrons. The first-order chi connectivity index (χ1) is 11.1. The normalized spacial score (nSPS) is 17.9. The van der Waals surface area contributed by atoms with Crippen LogP contribution in [0.15, 0.2) is 16.8 Å². The van der Waals surface area contributed by atoms with Gasteiger partial charge in [0, 0.05) is 26.2 Å². The Morgan fingerprint density at radius 1 is 1.52 bits per heavy atom. The van der Waals surface area contributed by atoms with Gasteiger partial charge in [-0.2, -0.15) is 11.3 Å². The van der Waals surface area contributed by atoms with Crippen molar-refractivity contribution in [2.24, 2.45) is 5.92 Å². The second-order valence-corrected chi connectivity index (χ2v) is 7.20. The number of hydrogen-bond acceptors (Lipinski definition) is 4. The summed E-state index contributed by atoms with van der Waals surface area (Å²) < 4.78 is 5.15. The first-order valence-electron chi connectivity index (χ1n) is 8.34. The Balaban J connectivity index is 1.88. The summed E-state index contributed by atoms with van der Waals surface area (Å²) in [5.74, 6) is 0.570. The van der Waals surface area contributed by atoms with Crippen molar-refractivity contribution >= 4 is 17.4 Å². The summed E-state index contributed by atoms with van der Waals surface area (Å²) in [6, 6.07) is 2.29. The zero-order valence-corrected chi connectivity index (χ0v) is 15.3. The number of likely N-dealkylation sites (tertiary alicyclic amines) is 1. The Kier molecular flexibility index (Phi) is 7.33. The fourth-order valence-corrected chi connectivity index (χ4v) is 3.65. The van der Waals surface area contributed by atoms with Gasteiger partial charge in [0.05, 0.1) is 6.61 Å². The maximum absolute atomic E-state index is 12.6. The molecule has 1 atom stereocenters. The Morgan fingerprint density at radius 3 is 2.87 bits per heavy atom. The first kappa shape index (κ1) is 18.2. The van der Waals surface area contributed by atoms with Crippen LogP contribution < -0.4 is 5.32 Å². The van der Waals surface area contributed by atoms with Crippen molar-refractivity contribution in [1.82, 2.24) is 15.1 Å². The molecule has 0 radical (unpaired) electrons. The molecule has 23 heavy (non-hydrogen) atoms. The molecule has 0 aromatic carbocycles. The van der Waals surface area contributed by atoms with Gasteiger partial charge in [-0.3, -0.25) is 0 Å². The highest BCUT2D eigenvalue weighted by molar-refractivity contribution is 7.07. The number of methoxy groups -OCH3 is 1. The van der Waals surface area contributed by atoms with Gasteiger partial charge in [0.15, 0.2) is 0 Å². The molecule has 1 N–H and O–H groups in total. The summed E-state index contributed by atoms with van der Waals surface area (Å²) in [5, 5.41) is 7.34. The second-order valence-electron chi connectivity index (χ2n) is 6.42. The van der Waals surface area contributed by atoms with E-state index in [-0.39, 0.29) is 12.1 Å². The number of amides is 2. The second kappa shape index (κ2) is 9.25. The zero-order valence-electron chi connectivity index (χ0n) is 14.5. The molecule has 6 heteroatoms. The van der Waals surface area contributed by atoms with E-state index in [2.05, 4.69) is 35.6 Å². The highest BCUT2D eigenvalue weighted by atomic mass is 32.1. The van der Waals surface area contributed by atoms with Crippen LogP contribution in [-0.2, 0) is 11.3 Å². The fraction of sp³-hybridized carbons (Fsp3) is 0.706. The number of rotatable bonds is 7. The molecule has 1 saturated heterocycles. The standard InChI is InChI=1S/C17H29N3O2S/c1-14(16-4-7-19(2)8-5-16)18-17(21)20(9-10-22-3)12-15-6-11-23-13-15/h6,11,13-14,16H,4-5,7-10,12H2,1-3H3,(H,18,21). The number of ether oxygens (including phenoxy) is 1. The van der Waals surface area contributed by atoms with E-state index in [1.54, 1.807) is 18.4 Å². The molecule has 0 spiro atoms. The summed E-state index contributed by atoms with van der Waals surface area (Å²) in [5.41, 5.74) is 1.17. The lowest BCUT2D eigenvalue weighted by Crippen LogP contribution is -2.48. The SMILES string of the molecule is COCCN(Cc1ccsc1)C(=O)NC(C)C1CCN(C)CC1. The smallest absolute Gasteiger partial charge is 0.317 e. The van der Waals surface area contributed by atoms with Crippen molar-refractivity contribution in [2.75, 3.05) is 40.4 Å². The summed E-state index contributed by atoms with van der Waals surface area (Å²) >= 11 is 1.66. The van der Waals surface area contributed by atoms with Crippen LogP contribution in [0.25, 0.3) is 0 Å². The van der Waals surface area contributed by atoms with Crippen molar-refractivity contribution in [1.29, 1.82) is 0 Å². The van der Waals surface area contributed by atoms with Crippen LogP contribution in [0, 0.1) is 5.92 Å². The van der Waals surface area contributed by atoms with Gasteiger partial charge in [0.1, 0.15) is 0 Å². The Bertz CT molecular complexity index is 458. The van der Waals surface area contributed by atoms with E-state index in [1.807, 2.05) is 10.3 Å². The maximum Gasteiger partial charge on any atom is 0.317 e. The quantitative estimate of drug-likeness (QED) is 0.830. The van der Waals surface area contributed by atoms with Gasteiger partial charge in [0.25, 0.3) is 0 Å². The predicted octanol–water partition coefficient (Wildman–Crippen LogP) is 2.64. The number of nitrogens with one attached hydrogen (secondary N) is 1. The average molecular weight is 340 g/mol. The Labute approximate surface area is 143 Å². The predicted molar refractivity (Wildman–Crippen MR) is 94.8 cm³/mol. The van der Waals surface area contributed by atoms with E-state index in [0.717, 1.165) is 25.9 Å². The third-order valence-corrected chi connectivity index (χ3v) is 5.36. The molecular formula is C17H29N3O2S. The van der Waals surface area contributed by atoms with Gasteiger partial charge in [0.2, 0.25) is 0 Å². The molecule has 0 aliphatic carbocycles. The molecule has 2 amide bonds. The number of carbonyl (C=O) groups excluding carboxylic acids is 1. The van der Waals surface area contributed by atoms with Crippen LogP contribution in [0.2, 0.25) is 0 Å². The lowest BCUT2D eigenvalue weighted by molar-refractivity contribution is 0.139. The van der Waals surface area contributed by atoms with Gasteiger partial charge in [-0.15, -0.1) is 0 Å². The van der Waals surface area contributed by atoms with Crippen molar-refractivity contribution in [3.8, 4) is 0 Å². The minimum atomic E-state index is 0.0136. The zero-order chi connectivity index (χ0) is 16.7. The third-order valence-electron chi connectivity index (χ3n) is 4.63. The van der Waals surface area contributed by atoms with Crippen molar-refractivity contribution in [3.63, 3.8) is 0 Å². The summed E-state index contributed by atoms with van der Waals surface area (Å²) in [6.07, 6.45) is 2.31. The molecule has 0 bridgehead atoms. The number of urea groups is 1. The lowest BCUT2D eigenvalue weighted by atomic mass is 9.90. The molecule has 0 saturated carbocycles. The molecule has 5 nitrogen and oxygen atoms in total. The van der Waals surface area contributed by atoms with Gasteiger partial charge in [-0.05, 0) is 68.2 Å². The minimum Gasteiger partial charge on any atom is -0.383 e. The topological polar surface area (TPSA) is 44.8 Å². The van der Waals surface area contributed by atoms with Crippen LogP contribution in [0.3, 0.4) is 0 Å². The number of carbonyl (C=O) groups is 1. The molecule has 1 fully saturated rings. The highest BCUT2D eigenvalue weighted by Crippen LogP contribution is 2.20. The van der Waals surface area contributed by atoms with Crippen LogP contribution in [0.4, 0.5) is 4.79 Å². The molecule has 1 aromatic rings. The van der Waals surface area contributed by atoms with E-state index >= 15 is 0 Å². The van der Waals surface area contributed by atoms with E-state index < -0.39 is 0 Å². The van der Waals surface area contributed by atoms with Crippen molar-refractivity contribution < 1.29 is 9.53 Å². The van der Waals surface area contributed by atoms with Gasteiger partial charge in [-0.1, -0.05) is 0 Å². The number of hydrogen-bond donors (Lipinski definition) is 1. The monoisotopic (exact) mass is 339 g/mol. The minimum absolute atomic E-state index is 0.0136. The molecule has 2 heterocycles. The summed E-state index contributed by atoms with van der Waals surface area (Å²) in [7, 11) is 3.83. The van der Waals surface area contributed by atoms with Crippen LogP contribution >= 0.6 is 11.3 Å². The van der Waals surface area contributed by atoms with E-state index in [1.165, 1.54) is 5.56 Å². The van der Waals surface area contributed by atoms with Gasteiger partial charge >= 0.3 is 6.03 Å². The molecule has 1 aliphatic rings. The Hall–Kier alpha value is -1.11. The van der Waals surface area contributed by atoms with Gasteiger partial charge in [-0.25, -0.2) is 4.79 Å². The molecule has 1 unspecified atom stereocenters. The third kappa shape index (κ3) is 5.79. The van der Waals surface area contributed by atoms with Crippen molar-refractivity contribution in [2.45, 2.75) is 32.4 Å². The highest BCUT2D eigenvalue weighted by Gasteiger charge is 2.25. The lowest BCUT2D eigenvalue weighted by Gasteiger charge is -2.34. The van der Waals surface area contributed by atoms with E-state index in [0.29, 0.717) is 25.6 Å². The largest absolute Gasteiger partial charge is 0.383 e. The average Bonchev–Trinajstić information content (AvgIpc) is 3.05. The summed E-state index contributed by atoms with van der Waals surface area (Å²) in [6.45, 7) is 6.17. The summed E-state index contributed by atoms with van der Waals surface area (Å²) in [4.78, 5) is 16.8. The van der Waals surface area contributed by atoms with Crippen LogP contribution in [0.1, 0.15) is 25.3 Å². The molecule has 1 aliphatic heterocycles. The maximum atomic E-state index is 12.6. The molecular weight excluding hydrogens is 310 g/mol. The van der Waals surface area contributed by atoms with Crippen LogP contribution in [0.5, 0.6) is 0 Å². The number of piperidine rings is 1. The van der Waals surface area contributed by atoms with Crippen LogP contribution in [-0.4, -0.2) is 62.3 Å². The number of nitrogens with zero attached hydrogens (tertiary/aromatic N) is 2. The van der Waals surface area contributed by atoms with Crippen molar-refractivity contribution in [3.05, 3.63) is 22.4 Å². The fourth-order valence-electron chi connectivity index (χ4n) is 2.99. The molecule has 1 aromatic heterocycles. The molecule has 2 rings (SSSR count).